The van der Waals surface area contributed by atoms with E-state index in [1.165, 1.54) is 17.1 Å². The Bertz CT molecular complexity index is 586. The molecular weight excluding hydrogens is 653 g/mol. The summed E-state index contributed by atoms with van der Waals surface area (Å²) in [6.07, 6.45) is 5.91. The lowest BCUT2D eigenvalue weighted by atomic mass is 10.2. The van der Waals surface area contributed by atoms with Crippen LogP contribution in [0.15, 0.2) is 73.2 Å². The number of hydrogen-bond donors (Lipinski definition) is 0. The second-order valence-corrected chi connectivity index (χ2v) is 5.31. The average Bonchev–Trinajstić information content (AvgIpc) is 2.57. The van der Waals surface area contributed by atoms with Crippen molar-refractivity contribution in [1.29, 1.82) is 0 Å². The molecule has 3 heterocycles. The molecule has 0 amide bonds. The van der Waals surface area contributed by atoms with Gasteiger partial charge in [0.25, 0.3) is 0 Å². The largest absolute Gasteiger partial charge is 1.00 e. The predicted molar refractivity (Wildman–Crippen MR) is 81.9 cm³/mol. The number of aromatic amines is 3. The highest BCUT2D eigenvalue weighted by molar-refractivity contribution is 5.01. The minimum atomic E-state index is 0. The van der Waals surface area contributed by atoms with Crippen LogP contribution in [0.25, 0.3) is 0 Å². The Morgan fingerprint density at radius 2 is 0.840 bits per heavy atom. The van der Waals surface area contributed by atoms with E-state index in [0.29, 0.717) is 0 Å². The van der Waals surface area contributed by atoms with Crippen LogP contribution in [0.1, 0.15) is 17.1 Å². The quantitative estimate of drug-likeness (QED) is 0.240. The minimum absolute atomic E-state index is 0. The molecule has 3 N–H and O–H groups in total. The maximum Gasteiger partial charge on any atom is 0.193 e. The van der Waals surface area contributed by atoms with E-state index in [1.54, 1.807) is 0 Å². The number of pyridine rings is 3. The van der Waals surface area contributed by atoms with E-state index in [-0.39, 0.29) is 71.9 Å². The first-order valence-electron chi connectivity index (χ1n) is 7.49. The highest BCUT2D eigenvalue weighted by Gasteiger charge is 2.16. The van der Waals surface area contributed by atoms with Crippen LogP contribution < -0.4 is 86.9 Å². The molecule has 0 saturated heterocycles. The first-order valence-corrected chi connectivity index (χ1v) is 7.49. The molecule has 0 unspecified atom stereocenters. The minimum Gasteiger partial charge on any atom is -1.00 e. The van der Waals surface area contributed by atoms with Crippen LogP contribution in [0.3, 0.4) is 0 Å². The molecule has 0 spiro atoms. The van der Waals surface area contributed by atoms with Crippen molar-refractivity contribution in [2.45, 2.75) is 19.6 Å². The van der Waals surface area contributed by atoms with Gasteiger partial charge in [0, 0.05) is 36.4 Å². The molecular formula is C18H21I3N4. The summed E-state index contributed by atoms with van der Waals surface area (Å²) < 4.78 is 0. The Labute approximate surface area is 199 Å². The van der Waals surface area contributed by atoms with Gasteiger partial charge in [0.05, 0.1) is 19.6 Å². The topological polar surface area (TPSA) is 45.7 Å². The van der Waals surface area contributed by atoms with Crippen molar-refractivity contribution in [3.63, 3.8) is 0 Å². The third-order valence-corrected chi connectivity index (χ3v) is 3.50. The molecule has 134 valence electrons. The lowest BCUT2D eigenvalue weighted by molar-refractivity contribution is -0.403. The van der Waals surface area contributed by atoms with Crippen molar-refractivity contribution in [3.05, 3.63) is 90.3 Å². The van der Waals surface area contributed by atoms with Gasteiger partial charge in [-0.15, -0.1) is 0 Å². The monoisotopic (exact) mass is 674 g/mol. The SMILES string of the molecule is [I-].[I-].[I-].c1ccc(CN(Cc2cccc[nH+]2)Cc2cccc[nH+]2)[nH+]c1. The third-order valence-electron chi connectivity index (χ3n) is 3.50. The van der Waals surface area contributed by atoms with Crippen LogP contribution in [0, 0.1) is 0 Å². The van der Waals surface area contributed by atoms with E-state index in [0.717, 1.165) is 19.6 Å². The zero-order chi connectivity index (χ0) is 15.0. The Balaban J connectivity index is 0.00000192. The zero-order valence-electron chi connectivity index (χ0n) is 13.6. The molecule has 0 atom stereocenters. The lowest BCUT2D eigenvalue weighted by Crippen LogP contribution is -3.00. The van der Waals surface area contributed by atoms with Crippen LogP contribution in [0.4, 0.5) is 0 Å². The summed E-state index contributed by atoms with van der Waals surface area (Å²) in [6.45, 7) is 2.60. The Morgan fingerprint density at radius 1 is 0.520 bits per heavy atom. The molecule has 3 aromatic heterocycles. The molecule has 7 heteroatoms. The molecule has 0 radical (unpaired) electrons. The first kappa shape index (κ1) is 24.6. The van der Waals surface area contributed by atoms with Gasteiger partial charge in [-0.1, -0.05) is 18.2 Å². The zero-order valence-corrected chi connectivity index (χ0v) is 20.1. The standard InChI is InChI=1S/C18H18N4.3HI/c1-4-10-19-16(7-1)13-22(14-17-8-2-5-11-20-17)15-18-9-3-6-12-21-18;;;/h1-12H,13-15H2;3*1H. The van der Waals surface area contributed by atoms with Gasteiger partial charge < -0.3 is 71.9 Å². The van der Waals surface area contributed by atoms with E-state index in [1.807, 2.05) is 36.8 Å². The number of rotatable bonds is 6. The van der Waals surface area contributed by atoms with Crippen LogP contribution in [-0.4, -0.2) is 4.90 Å². The molecule has 0 fully saturated rings. The van der Waals surface area contributed by atoms with Crippen LogP contribution in [-0.2, 0) is 19.6 Å². The van der Waals surface area contributed by atoms with Crippen molar-refractivity contribution in [2.75, 3.05) is 0 Å². The van der Waals surface area contributed by atoms with Crippen molar-refractivity contribution in [2.24, 2.45) is 0 Å². The van der Waals surface area contributed by atoms with Crippen LogP contribution in [0.5, 0.6) is 0 Å². The molecule has 3 rings (SSSR count). The molecule has 4 nitrogen and oxygen atoms in total. The maximum absolute atomic E-state index is 3.31. The third kappa shape index (κ3) is 8.69. The van der Waals surface area contributed by atoms with E-state index < -0.39 is 0 Å². The van der Waals surface area contributed by atoms with Crippen molar-refractivity contribution < 1.29 is 86.9 Å². The average molecular weight is 674 g/mol. The van der Waals surface area contributed by atoms with Crippen molar-refractivity contribution in [1.82, 2.24) is 4.90 Å². The number of H-pyrrole nitrogens is 3. The summed E-state index contributed by atoms with van der Waals surface area (Å²) >= 11 is 0. The van der Waals surface area contributed by atoms with Crippen LogP contribution in [0.2, 0.25) is 0 Å². The van der Waals surface area contributed by atoms with Gasteiger partial charge in [-0.3, -0.25) is 4.90 Å². The van der Waals surface area contributed by atoms with Crippen molar-refractivity contribution >= 4 is 0 Å². The van der Waals surface area contributed by atoms with E-state index in [2.05, 4.69) is 56.3 Å². The summed E-state index contributed by atoms with van der Waals surface area (Å²) in [5, 5.41) is 0. The molecule has 3 aromatic rings. The number of nitrogens with zero attached hydrogens (tertiary/aromatic N) is 1. The van der Waals surface area contributed by atoms with Crippen molar-refractivity contribution in [3.8, 4) is 0 Å². The summed E-state index contributed by atoms with van der Waals surface area (Å²) in [4.78, 5) is 12.3. The Kier molecular flexibility index (Phi) is 13.5. The highest BCUT2D eigenvalue weighted by atomic mass is 127. The first-order chi connectivity index (χ1) is 10.9. The molecule has 0 bridgehead atoms. The molecule has 0 aliphatic rings. The lowest BCUT2D eigenvalue weighted by Gasteiger charge is -2.16. The number of hydrogen-bond acceptors (Lipinski definition) is 1. The predicted octanol–water partition coefficient (Wildman–Crippen LogP) is -7.66. The summed E-state index contributed by atoms with van der Waals surface area (Å²) in [5.41, 5.74) is 3.61. The number of aromatic nitrogens is 3. The van der Waals surface area contributed by atoms with E-state index in [9.17, 15) is 0 Å². The maximum atomic E-state index is 3.31. The summed E-state index contributed by atoms with van der Waals surface area (Å²) in [5.74, 6) is 0. The summed E-state index contributed by atoms with van der Waals surface area (Å²) in [7, 11) is 0. The molecule has 0 aromatic carbocycles. The fourth-order valence-corrected chi connectivity index (χ4v) is 2.48. The van der Waals surface area contributed by atoms with Gasteiger partial charge in [-0.05, 0) is 0 Å². The fraction of sp³-hybridized carbons (Fsp3) is 0.167. The summed E-state index contributed by atoms with van der Waals surface area (Å²) in [6, 6.07) is 18.6. The number of nitrogens with one attached hydrogen (secondary N) is 3. The molecule has 25 heavy (non-hydrogen) atoms. The highest BCUT2D eigenvalue weighted by Crippen LogP contribution is 2.07. The van der Waals surface area contributed by atoms with Gasteiger partial charge >= 0.3 is 0 Å². The van der Waals surface area contributed by atoms with Gasteiger partial charge in [0.1, 0.15) is 0 Å². The van der Waals surface area contributed by atoms with Gasteiger partial charge in [0.15, 0.2) is 35.7 Å². The van der Waals surface area contributed by atoms with Gasteiger partial charge in [0.2, 0.25) is 0 Å². The van der Waals surface area contributed by atoms with E-state index >= 15 is 0 Å². The normalized spacial score (nSPS) is 9.48. The number of halogens is 3. The molecule has 0 aliphatic carbocycles. The molecule has 0 saturated carbocycles. The second kappa shape index (κ2) is 13.8. The van der Waals surface area contributed by atoms with E-state index in [4.69, 9.17) is 0 Å². The van der Waals surface area contributed by atoms with Gasteiger partial charge in [-0.25, -0.2) is 15.0 Å². The van der Waals surface area contributed by atoms with Gasteiger partial charge in [-0.2, -0.15) is 0 Å². The smallest absolute Gasteiger partial charge is 0.193 e. The molecule has 0 aliphatic heterocycles. The Hall–Kier alpha value is -0.400. The fourth-order valence-electron chi connectivity index (χ4n) is 2.48. The Morgan fingerprint density at radius 3 is 1.08 bits per heavy atom. The second-order valence-electron chi connectivity index (χ2n) is 5.31. The van der Waals surface area contributed by atoms with Crippen LogP contribution >= 0.6 is 0 Å².